The van der Waals surface area contributed by atoms with Crippen molar-refractivity contribution in [3.8, 4) is 38.8 Å². The molecule has 0 aliphatic carbocycles. The first kappa shape index (κ1) is 24.0. The number of hydrogen-bond donors (Lipinski definition) is 1. The predicted molar refractivity (Wildman–Crippen MR) is 151 cm³/mol. The van der Waals surface area contributed by atoms with E-state index in [9.17, 15) is 9.18 Å². The topological polar surface area (TPSA) is 68.5 Å². The first-order valence-electron chi connectivity index (χ1n) is 11.8. The number of hydrogen-bond acceptors (Lipinski definition) is 6. The Morgan fingerprint density at radius 1 is 0.947 bits per heavy atom. The molecule has 188 valence electrons. The molecule has 6 aromatic rings. The van der Waals surface area contributed by atoms with Crippen molar-refractivity contribution >= 4 is 39.2 Å². The van der Waals surface area contributed by atoms with Crippen molar-refractivity contribution in [3.63, 3.8) is 0 Å². The third-order valence-electron chi connectivity index (χ3n) is 6.21. The minimum Gasteiger partial charge on any atom is -0.497 e. The highest BCUT2D eigenvalue weighted by atomic mass is 32.1. The maximum atomic E-state index is 14.3. The normalized spacial score (nSPS) is 11.1. The number of rotatable bonds is 6. The van der Waals surface area contributed by atoms with Crippen molar-refractivity contribution in [2.75, 3.05) is 12.4 Å². The Balaban J connectivity index is 1.27. The Labute approximate surface area is 226 Å². The molecule has 3 aromatic carbocycles. The summed E-state index contributed by atoms with van der Waals surface area (Å²) in [5, 5.41) is 5.50. The summed E-state index contributed by atoms with van der Waals surface area (Å²) in [6.07, 6.45) is 1.94. The molecule has 9 heteroatoms. The fourth-order valence-corrected chi connectivity index (χ4v) is 6.06. The van der Waals surface area contributed by atoms with Crippen molar-refractivity contribution < 1.29 is 13.9 Å². The summed E-state index contributed by atoms with van der Waals surface area (Å²) in [5.74, 6) is 0.246. The van der Waals surface area contributed by atoms with Crippen LogP contribution in [0.4, 0.5) is 10.1 Å². The van der Waals surface area contributed by atoms with E-state index in [1.54, 1.807) is 25.3 Å². The van der Waals surface area contributed by atoms with Gasteiger partial charge in [0.2, 0.25) is 0 Å². The van der Waals surface area contributed by atoms with Crippen LogP contribution in [0.2, 0.25) is 0 Å². The number of aromatic nitrogens is 3. The molecule has 0 spiro atoms. The van der Waals surface area contributed by atoms with Gasteiger partial charge in [-0.25, -0.2) is 14.4 Å². The highest BCUT2D eigenvalue weighted by molar-refractivity contribution is 7.19. The van der Waals surface area contributed by atoms with Crippen LogP contribution in [0, 0.1) is 12.7 Å². The zero-order valence-electron chi connectivity index (χ0n) is 20.4. The molecule has 1 amide bonds. The lowest BCUT2D eigenvalue weighted by molar-refractivity contribution is 0.102. The van der Waals surface area contributed by atoms with E-state index in [1.807, 2.05) is 71.4 Å². The average Bonchev–Trinajstić information content (AvgIpc) is 3.66. The first-order valence-corrected chi connectivity index (χ1v) is 13.5. The molecule has 3 aromatic heterocycles. The summed E-state index contributed by atoms with van der Waals surface area (Å²) in [5.41, 5.74) is 5.13. The molecule has 1 N–H and O–H groups in total. The lowest BCUT2D eigenvalue weighted by Crippen LogP contribution is -2.12. The van der Waals surface area contributed by atoms with Crippen molar-refractivity contribution in [3.05, 3.63) is 101 Å². The van der Waals surface area contributed by atoms with Crippen molar-refractivity contribution in [2.45, 2.75) is 6.92 Å². The van der Waals surface area contributed by atoms with Crippen LogP contribution in [-0.2, 0) is 0 Å². The largest absolute Gasteiger partial charge is 0.497 e. The van der Waals surface area contributed by atoms with Gasteiger partial charge in [0.25, 0.3) is 5.91 Å². The molecule has 0 bridgehead atoms. The van der Waals surface area contributed by atoms with Crippen LogP contribution < -0.4 is 10.1 Å². The van der Waals surface area contributed by atoms with Gasteiger partial charge in [-0.1, -0.05) is 41.7 Å². The summed E-state index contributed by atoms with van der Waals surface area (Å²) < 4.78 is 21.4. The van der Waals surface area contributed by atoms with E-state index < -0.39 is 0 Å². The third-order valence-corrected chi connectivity index (χ3v) is 8.24. The SMILES string of the molecule is COc1ccc(-c2cn3c(C)c(C(=O)Nc4ccccc4-c4csc(-c5ccccc5F)n4)sc3n2)cc1. The zero-order valence-corrected chi connectivity index (χ0v) is 22.1. The number of benzene rings is 3. The molecule has 6 rings (SSSR count). The maximum Gasteiger partial charge on any atom is 0.267 e. The number of carbonyl (C=O) groups is 1. The van der Waals surface area contributed by atoms with E-state index in [-0.39, 0.29) is 11.7 Å². The second kappa shape index (κ2) is 9.85. The second-order valence-electron chi connectivity index (χ2n) is 8.54. The van der Waals surface area contributed by atoms with Crippen LogP contribution in [0.5, 0.6) is 5.75 Å². The van der Waals surface area contributed by atoms with Crippen LogP contribution in [0.25, 0.3) is 38.0 Å². The quantitative estimate of drug-likeness (QED) is 0.237. The molecule has 0 atom stereocenters. The maximum absolute atomic E-state index is 14.3. The number of fused-ring (bicyclic) bond motifs is 1. The van der Waals surface area contributed by atoms with Gasteiger partial charge in [-0.15, -0.1) is 11.3 Å². The Morgan fingerprint density at radius 3 is 2.42 bits per heavy atom. The number of methoxy groups -OCH3 is 1. The molecule has 38 heavy (non-hydrogen) atoms. The van der Waals surface area contributed by atoms with Gasteiger partial charge in [0.1, 0.15) is 21.5 Å². The minimum atomic E-state index is -0.316. The highest BCUT2D eigenvalue weighted by Crippen LogP contribution is 2.35. The summed E-state index contributed by atoms with van der Waals surface area (Å²) in [4.78, 5) is 24.1. The smallest absolute Gasteiger partial charge is 0.267 e. The van der Waals surface area contributed by atoms with E-state index in [2.05, 4.69) is 10.3 Å². The number of thiazole rings is 2. The molecule has 0 unspecified atom stereocenters. The van der Waals surface area contributed by atoms with Gasteiger partial charge in [0.15, 0.2) is 4.96 Å². The number of para-hydroxylation sites is 1. The van der Waals surface area contributed by atoms with Gasteiger partial charge in [-0.2, -0.15) is 0 Å². The molecular weight excluding hydrogens is 519 g/mol. The van der Waals surface area contributed by atoms with Crippen LogP contribution in [0.3, 0.4) is 0 Å². The Kier molecular flexibility index (Phi) is 6.22. The summed E-state index contributed by atoms with van der Waals surface area (Å²) >= 11 is 2.70. The minimum absolute atomic E-state index is 0.221. The van der Waals surface area contributed by atoms with Gasteiger partial charge in [-0.3, -0.25) is 9.20 Å². The first-order chi connectivity index (χ1) is 18.5. The van der Waals surface area contributed by atoms with Crippen LogP contribution in [-0.4, -0.2) is 27.4 Å². The van der Waals surface area contributed by atoms with Crippen molar-refractivity contribution in [1.29, 1.82) is 0 Å². The Morgan fingerprint density at radius 2 is 1.68 bits per heavy atom. The van der Waals surface area contributed by atoms with Crippen LogP contribution in [0.15, 0.2) is 84.4 Å². The van der Waals surface area contributed by atoms with Gasteiger partial charge < -0.3 is 10.1 Å². The van der Waals surface area contributed by atoms with Crippen LogP contribution >= 0.6 is 22.7 Å². The summed E-state index contributed by atoms with van der Waals surface area (Å²) in [6, 6.07) is 21.8. The molecule has 0 radical (unpaired) electrons. The molecule has 0 saturated carbocycles. The fourth-order valence-electron chi connectivity index (χ4n) is 4.21. The van der Waals surface area contributed by atoms with Gasteiger partial charge >= 0.3 is 0 Å². The molecular formula is C29H21FN4O2S2. The van der Waals surface area contributed by atoms with E-state index in [4.69, 9.17) is 9.72 Å². The summed E-state index contributed by atoms with van der Waals surface area (Å²) in [6.45, 7) is 1.91. The number of carbonyl (C=O) groups excluding carboxylic acids is 1. The number of imidazole rings is 1. The molecule has 0 aliphatic rings. The van der Waals surface area contributed by atoms with Gasteiger partial charge in [-0.05, 0) is 49.4 Å². The lowest BCUT2D eigenvalue weighted by atomic mass is 10.1. The lowest BCUT2D eigenvalue weighted by Gasteiger charge is -2.09. The van der Waals surface area contributed by atoms with E-state index >= 15 is 0 Å². The third kappa shape index (κ3) is 4.36. The molecule has 0 fully saturated rings. The fraction of sp³-hybridized carbons (Fsp3) is 0.0690. The highest BCUT2D eigenvalue weighted by Gasteiger charge is 2.20. The number of nitrogens with zero attached hydrogens (tertiary/aromatic N) is 3. The van der Waals surface area contributed by atoms with Gasteiger partial charge in [0.05, 0.1) is 24.2 Å². The van der Waals surface area contributed by atoms with E-state index in [0.29, 0.717) is 26.8 Å². The number of aryl methyl sites for hydroxylation is 1. The van der Waals surface area contributed by atoms with E-state index in [0.717, 1.165) is 33.2 Å². The van der Waals surface area contributed by atoms with Crippen LogP contribution in [0.1, 0.15) is 15.4 Å². The number of ether oxygens (including phenoxy) is 1. The van der Waals surface area contributed by atoms with Crippen molar-refractivity contribution in [2.24, 2.45) is 0 Å². The number of anilines is 1. The van der Waals surface area contributed by atoms with Crippen molar-refractivity contribution in [1.82, 2.24) is 14.4 Å². The number of amides is 1. The number of halogens is 1. The predicted octanol–water partition coefficient (Wildman–Crippen LogP) is 7.56. The van der Waals surface area contributed by atoms with E-state index in [1.165, 1.54) is 28.7 Å². The van der Waals surface area contributed by atoms with Gasteiger partial charge in [0, 0.05) is 34.0 Å². The molecule has 6 nitrogen and oxygen atoms in total. The molecule has 0 aliphatic heterocycles. The molecule has 0 saturated heterocycles. The number of nitrogens with one attached hydrogen (secondary N) is 1. The zero-order chi connectivity index (χ0) is 26.2. The Hall–Kier alpha value is -4.34. The Bertz CT molecular complexity index is 1790. The molecule has 3 heterocycles. The summed E-state index contributed by atoms with van der Waals surface area (Å²) in [7, 11) is 1.63. The standard InChI is InChI=1S/C29H21FN4O2S2/c1-17-26(38-29-33-24(15-34(17)29)18-11-13-19(36-2)14-12-18)27(35)31-23-10-6-4-8-21(23)25-16-37-28(32-25)20-7-3-5-9-22(20)30/h3-16H,1-2H3,(H,31,35). The second-order valence-corrected chi connectivity index (χ2v) is 10.4. The average molecular weight is 541 g/mol. The monoisotopic (exact) mass is 540 g/mol.